The second kappa shape index (κ2) is 12.5. The smallest absolute Gasteiger partial charge is 0.178 e. The summed E-state index contributed by atoms with van der Waals surface area (Å²) in [6.45, 7) is 0. The fraction of sp³-hybridized carbons (Fsp3) is 0. The molecule has 0 saturated carbocycles. The van der Waals surface area contributed by atoms with Gasteiger partial charge in [-0.05, 0) is 128 Å². The molecular formula is C54H32O3. The summed E-state index contributed by atoms with van der Waals surface area (Å²) in [6.07, 6.45) is 0. The minimum atomic E-state index is 0.766. The highest BCUT2D eigenvalue weighted by Crippen LogP contribution is 2.42. The van der Waals surface area contributed by atoms with E-state index in [1.807, 2.05) is 6.07 Å². The summed E-state index contributed by atoms with van der Waals surface area (Å²) in [4.78, 5) is 0. The minimum Gasteiger partial charge on any atom is -0.456 e. The van der Waals surface area contributed by atoms with Gasteiger partial charge in [-0.1, -0.05) is 121 Å². The van der Waals surface area contributed by atoms with Crippen molar-refractivity contribution in [2.24, 2.45) is 0 Å². The lowest BCUT2D eigenvalue weighted by molar-refractivity contribution is 0.633. The predicted molar refractivity (Wildman–Crippen MR) is 235 cm³/mol. The Kier molecular flexibility index (Phi) is 6.93. The summed E-state index contributed by atoms with van der Waals surface area (Å²) in [5.74, 6) is 0. The van der Waals surface area contributed by atoms with Gasteiger partial charge in [0.25, 0.3) is 0 Å². The largest absolute Gasteiger partial charge is 0.456 e. The van der Waals surface area contributed by atoms with Crippen LogP contribution in [-0.2, 0) is 0 Å². The Balaban J connectivity index is 0.914. The van der Waals surface area contributed by atoms with E-state index in [0.29, 0.717) is 0 Å². The maximum Gasteiger partial charge on any atom is 0.178 e. The van der Waals surface area contributed by atoms with Gasteiger partial charge in [-0.3, -0.25) is 0 Å². The Labute approximate surface area is 327 Å². The molecule has 0 radical (unpaired) electrons. The highest BCUT2D eigenvalue weighted by atomic mass is 16.4. The summed E-state index contributed by atoms with van der Waals surface area (Å²) < 4.78 is 19.4. The van der Waals surface area contributed by atoms with Gasteiger partial charge in [0.05, 0.1) is 0 Å². The van der Waals surface area contributed by atoms with Crippen LogP contribution in [0.4, 0.5) is 0 Å². The standard InChI is InChI=1S/C54H32O3/c1-3-9-33(10-4-1)35-13-7-14-36(27-35)37-15-8-16-38(28-37)40-19-25-51-45(30-40)43-21-22-44-46-31-41(20-26-52(46)57-54(44)53(43)56-51)42-18-24-50-48(32-42)47-29-39(17-23-49(47)55-50)34-11-5-2-6-12-34/h1-32H. The van der Waals surface area contributed by atoms with Crippen LogP contribution in [0.5, 0.6) is 0 Å². The topological polar surface area (TPSA) is 39.4 Å². The minimum absolute atomic E-state index is 0.766. The van der Waals surface area contributed by atoms with E-state index in [1.54, 1.807) is 0 Å². The van der Waals surface area contributed by atoms with Crippen LogP contribution in [0.25, 0.3) is 121 Å². The molecule has 0 spiro atoms. The van der Waals surface area contributed by atoms with E-state index in [0.717, 1.165) is 88.1 Å². The first kappa shape index (κ1) is 31.7. The van der Waals surface area contributed by atoms with Gasteiger partial charge < -0.3 is 13.3 Å². The molecule has 266 valence electrons. The maximum absolute atomic E-state index is 6.57. The molecule has 0 N–H and O–H groups in total. The molecule has 3 nitrogen and oxygen atoms in total. The van der Waals surface area contributed by atoms with Crippen LogP contribution in [-0.4, -0.2) is 0 Å². The van der Waals surface area contributed by atoms with Gasteiger partial charge in [-0.2, -0.15) is 0 Å². The van der Waals surface area contributed by atoms with Gasteiger partial charge in [0.1, 0.15) is 22.3 Å². The summed E-state index contributed by atoms with van der Waals surface area (Å²) in [5.41, 5.74) is 16.7. The normalized spacial score (nSPS) is 11.9. The zero-order valence-electron chi connectivity index (χ0n) is 30.7. The Morgan fingerprint density at radius 1 is 0.193 bits per heavy atom. The molecule has 12 rings (SSSR count). The van der Waals surface area contributed by atoms with Gasteiger partial charge in [-0.15, -0.1) is 0 Å². The molecule has 3 heteroatoms. The van der Waals surface area contributed by atoms with Crippen LogP contribution < -0.4 is 0 Å². The van der Waals surface area contributed by atoms with Crippen LogP contribution in [0, 0.1) is 0 Å². The second-order valence-corrected chi connectivity index (χ2v) is 14.9. The molecule has 3 heterocycles. The summed E-state index contributed by atoms with van der Waals surface area (Å²) in [5, 5.41) is 6.41. The third-order valence-corrected chi connectivity index (χ3v) is 11.5. The van der Waals surface area contributed by atoms with Gasteiger partial charge >= 0.3 is 0 Å². The van der Waals surface area contributed by atoms with Crippen molar-refractivity contribution in [3.8, 4) is 55.6 Å². The predicted octanol–water partition coefficient (Wildman–Crippen LogP) is 15.7. The zero-order valence-corrected chi connectivity index (χ0v) is 30.7. The van der Waals surface area contributed by atoms with E-state index in [9.17, 15) is 0 Å². The Morgan fingerprint density at radius 2 is 0.491 bits per heavy atom. The summed E-state index contributed by atoms with van der Waals surface area (Å²) in [6, 6.07) is 68.7. The molecule has 0 unspecified atom stereocenters. The fourth-order valence-corrected chi connectivity index (χ4v) is 8.58. The van der Waals surface area contributed by atoms with Crippen molar-refractivity contribution in [3.63, 3.8) is 0 Å². The molecule has 0 fully saturated rings. The van der Waals surface area contributed by atoms with E-state index < -0.39 is 0 Å². The van der Waals surface area contributed by atoms with Crippen molar-refractivity contribution in [2.45, 2.75) is 0 Å². The molecule has 3 aromatic heterocycles. The fourth-order valence-electron chi connectivity index (χ4n) is 8.58. The van der Waals surface area contributed by atoms with Crippen LogP contribution >= 0.6 is 0 Å². The Morgan fingerprint density at radius 3 is 0.895 bits per heavy atom. The number of fused-ring (bicyclic) bond motifs is 10. The van der Waals surface area contributed by atoms with Crippen molar-refractivity contribution in [2.75, 3.05) is 0 Å². The lowest BCUT2D eigenvalue weighted by atomic mass is 9.95. The molecule has 0 aliphatic carbocycles. The number of benzene rings is 9. The Hall–Kier alpha value is -7.62. The molecule has 12 aromatic rings. The van der Waals surface area contributed by atoms with Crippen LogP contribution in [0.15, 0.2) is 207 Å². The van der Waals surface area contributed by atoms with Crippen molar-refractivity contribution in [1.29, 1.82) is 0 Å². The van der Waals surface area contributed by atoms with Crippen molar-refractivity contribution >= 4 is 65.8 Å². The second-order valence-electron chi connectivity index (χ2n) is 14.9. The molecule has 9 aromatic carbocycles. The summed E-state index contributed by atoms with van der Waals surface area (Å²) >= 11 is 0. The zero-order chi connectivity index (χ0) is 37.5. The van der Waals surface area contributed by atoms with Crippen molar-refractivity contribution < 1.29 is 13.3 Å². The molecule has 0 saturated heterocycles. The third kappa shape index (κ3) is 5.21. The monoisotopic (exact) mass is 728 g/mol. The molecule has 0 aliphatic heterocycles. The average Bonchev–Trinajstić information content (AvgIpc) is 3.97. The molecule has 0 atom stereocenters. The summed E-state index contributed by atoms with van der Waals surface area (Å²) in [7, 11) is 0. The third-order valence-electron chi connectivity index (χ3n) is 11.5. The molecule has 0 bridgehead atoms. The first-order valence-electron chi connectivity index (χ1n) is 19.3. The quantitative estimate of drug-likeness (QED) is 0.177. The first-order chi connectivity index (χ1) is 28.2. The van der Waals surface area contributed by atoms with E-state index in [-0.39, 0.29) is 0 Å². The number of hydrogen-bond acceptors (Lipinski definition) is 3. The molecule has 57 heavy (non-hydrogen) atoms. The number of hydrogen-bond donors (Lipinski definition) is 0. The molecular weight excluding hydrogens is 697 g/mol. The molecule has 0 aliphatic rings. The van der Waals surface area contributed by atoms with Gasteiger partial charge in [0, 0.05) is 32.3 Å². The van der Waals surface area contributed by atoms with Crippen LogP contribution in [0.2, 0.25) is 0 Å². The lowest BCUT2D eigenvalue weighted by Crippen LogP contribution is -1.83. The average molecular weight is 729 g/mol. The Bertz CT molecular complexity index is 3510. The van der Waals surface area contributed by atoms with Gasteiger partial charge in [-0.25, -0.2) is 0 Å². The van der Waals surface area contributed by atoms with E-state index in [1.165, 1.54) is 33.4 Å². The number of rotatable bonds is 5. The molecule has 0 amide bonds. The van der Waals surface area contributed by atoms with Crippen LogP contribution in [0.3, 0.4) is 0 Å². The van der Waals surface area contributed by atoms with E-state index in [2.05, 4.69) is 188 Å². The first-order valence-corrected chi connectivity index (χ1v) is 19.3. The van der Waals surface area contributed by atoms with Crippen molar-refractivity contribution in [1.82, 2.24) is 0 Å². The van der Waals surface area contributed by atoms with Gasteiger partial charge in [0.15, 0.2) is 11.2 Å². The van der Waals surface area contributed by atoms with E-state index in [4.69, 9.17) is 13.3 Å². The highest BCUT2D eigenvalue weighted by Gasteiger charge is 2.18. The lowest BCUT2D eigenvalue weighted by Gasteiger charge is -2.09. The highest BCUT2D eigenvalue weighted by molar-refractivity contribution is 6.19. The van der Waals surface area contributed by atoms with Crippen molar-refractivity contribution in [3.05, 3.63) is 194 Å². The van der Waals surface area contributed by atoms with Gasteiger partial charge in [0.2, 0.25) is 0 Å². The number of furan rings is 3. The SMILES string of the molecule is c1ccc(-c2cccc(-c3cccc(-c4ccc5oc6c(ccc7c8cc(-c9ccc%10oc%11ccc(-c%12ccccc%12)cc%11c%10c9)ccc8oc76)c5c4)c3)c2)cc1. The van der Waals surface area contributed by atoms with Crippen LogP contribution in [0.1, 0.15) is 0 Å². The maximum atomic E-state index is 6.57. The van der Waals surface area contributed by atoms with E-state index >= 15 is 0 Å².